The minimum Gasteiger partial charge on any atom is -0.508 e. The van der Waals surface area contributed by atoms with E-state index in [2.05, 4.69) is 0 Å². The van der Waals surface area contributed by atoms with Crippen LogP contribution in [0.4, 0.5) is 5.69 Å². The Hall–Kier alpha value is -2.05. The van der Waals surface area contributed by atoms with Crippen LogP contribution in [0.5, 0.6) is 5.75 Å². The fourth-order valence-electron chi connectivity index (χ4n) is 1.83. The van der Waals surface area contributed by atoms with Crippen LogP contribution in [0.15, 0.2) is 53.4 Å². The van der Waals surface area contributed by atoms with Crippen LogP contribution in [-0.4, -0.2) is 24.9 Å². The fraction of sp³-hybridized carbons (Fsp3) is 0.143. The van der Waals surface area contributed by atoms with Gasteiger partial charge in [0.25, 0.3) is 0 Å². The standard InChI is InChI=1S/C14H16N2O3S/c1-16(10-11-6-8-12(17)9-7-11)20(18,19)14-5-3-2-4-13(14)15/h2-9,17H,10,15H2,1H3. The van der Waals surface area contributed by atoms with Crippen molar-refractivity contribution in [3.05, 3.63) is 54.1 Å². The molecule has 0 amide bonds. The first-order chi connectivity index (χ1) is 9.41. The molecule has 0 aromatic heterocycles. The normalized spacial score (nSPS) is 11.7. The van der Waals surface area contributed by atoms with Crippen LogP contribution in [-0.2, 0) is 16.6 Å². The number of nitrogen functional groups attached to an aromatic ring is 1. The van der Waals surface area contributed by atoms with Gasteiger partial charge in [-0.2, -0.15) is 4.31 Å². The molecule has 2 aromatic rings. The summed E-state index contributed by atoms with van der Waals surface area (Å²) in [5.41, 5.74) is 6.73. The molecule has 0 unspecified atom stereocenters. The van der Waals surface area contributed by atoms with E-state index < -0.39 is 10.0 Å². The maximum atomic E-state index is 12.4. The van der Waals surface area contributed by atoms with Gasteiger partial charge >= 0.3 is 0 Å². The lowest BCUT2D eigenvalue weighted by Gasteiger charge is -2.18. The molecule has 6 heteroatoms. The summed E-state index contributed by atoms with van der Waals surface area (Å²) in [7, 11) is -2.14. The molecule has 0 atom stereocenters. The van der Waals surface area contributed by atoms with E-state index in [1.165, 1.54) is 29.6 Å². The van der Waals surface area contributed by atoms with Crippen LogP contribution < -0.4 is 5.73 Å². The number of hydrogen-bond donors (Lipinski definition) is 2. The van der Waals surface area contributed by atoms with Crippen LogP contribution in [0.1, 0.15) is 5.56 Å². The van der Waals surface area contributed by atoms with Crippen molar-refractivity contribution in [3.8, 4) is 5.75 Å². The van der Waals surface area contributed by atoms with E-state index in [-0.39, 0.29) is 22.9 Å². The van der Waals surface area contributed by atoms with Gasteiger partial charge in [0.15, 0.2) is 0 Å². The Labute approximate surface area is 118 Å². The number of phenols is 1. The molecule has 0 radical (unpaired) electrons. The number of hydrogen-bond acceptors (Lipinski definition) is 4. The van der Waals surface area contributed by atoms with Crippen molar-refractivity contribution in [1.82, 2.24) is 4.31 Å². The molecule has 0 bridgehead atoms. The SMILES string of the molecule is CN(Cc1ccc(O)cc1)S(=O)(=O)c1ccccc1N. The van der Waals surface area contributed by atoms with E-state index in [9.17, 15) is 13.5 Å². The van der Waals surface area contributed by atoms with Gasteiger partial charge in [0.1, 0.15) is 10.6 Å². The zero-order valence-electron chi connectivity index (χ0n) is 11.0. The van der Waals surface area contributed by atoms with Gasteiger partial charge in [0.2, 0.25) is 10.0 Å². The second-order valence-corrected chi connectivity index (χ2v) is 6.48. The average molecular weight is 292 g/mol. The van der Waals surface area contributed by atoms with Crippen molar-refractivity contribution in [3.63, 3.8) is 0 Å². The van der Waals surface area contributed by atoms with Gasteiger partial charge in [-0.05, 0) is 29.8 Å². The van der Waals surface area contributed by atoms with Crippen LogP contribution in [0.3, 0.4) is 0 Å². The molecule has 5 nitrogen and oxygen atoms in total. The Bertz CT molecular complexity index is 697. The molecule has 20 heavy (non-hydrogen) atoms. The van der Waals surface area contributed by atoms with Crippen molar-refractivity contribution in [2.45, 2.75) is 11.4 Å². The third-order valence-electron chi connectivity index (χ3n) is 2.95. The number of para-hydroxylation sites is 1. The summed E-state index contributed by atoms with van der Waals surface area (Å²) in [6.45, 7) is 0.205. The molecule has 0 saturated heterocycles. The molecule has 2 rings (SSSR count). The van der Waals surface area contributed by atoms with Gasteiger partial charge in [-0.1, -0.05) is 24.3 Å². The topological polar surface area (TPSA) is 83.6 Å². The number of phenolic OH excluding ortho intramolecular Hbond substituents is 1. The lowest BCUT2D eigenvalue weighted by Crippen LogP contribution is -2.27. The summed E-state index contributed by atoms with van der Waals surface area (Å²) in [6, 6.07) is 12.8. The monoisotopic (exact) mass is 292 g/mol. The lowest BCUT2D eigenvalue weighted by molar-refractivity contribution is 0.464. The summed E-state index contributed by atoms with van der Waals surface area (Å²) >= 11 is 0. The molecule has 0 heterocycles. The largest absolute Gasteiger partial charge is 0.508 e. The Morgan fingerprint density at radius 3 is 2.30 bits per heavy atom. The zero-order chi connectivity index (χ0) is 14.8. The van der Waals surface area contributed by atoms with Crippen LogP contribution in [0.2, 0.25) is 0 Å². The summed E-state index contributed by atoms with van der Waals surface area (Å²) in [5.74, 6) is 0.145. The van der Waals surface area contributed by atoms with E-state index in [0.29, 0.717) is 0 Å². The lowest BCUT2D eigenvalue weighted by atomic mass is 10.2. The molecule has 0 aliphatic carbocycles. The van der Waals surface area contributed by atoms with Crippen molar-refractivity contribution in [1.29, 1.82) is 0 Å². The quantitative estimate of drug-likeness (QED) is 0.842. The molecule has 0 saturated carbocycles. The molecule has 0 aliphatic heterocycles. The smallest absolute Gasteiger partial charge is 0.245 e. The minimum atomic E-state index is -3.63. The van der Waals surface area contributed by atoms with Crippen LogP contribution in [0, 0.1) is 0 Å². The molecular weight excluding hydrogens is 276 g/mol. The first-order valence-electron chi connectivity index (χ1n) is 6.00. The first kappa shape index (κ1) is 14.4. The average Bonchev–Trinajstić information content (AvgIpc) is 2.41. The molecule has 0 fully saturated rings. The minimum absolute atomic E-state index is 0.0984. The predicted molar refractivity (Wildman–Crippen MR) is 77.6 cm³/mol. The van der Waals surface area contributed by atoms with Crippen LogP contribution >= 0.6 is 0 Å². The van der Waals surface area contributed by atoms with Gasteiger partial charge < -0.3 is 10.8 Å². The maximum absolute atomic E-state index is 12.4. The van der Waals surface area contributed by atoms with Gasteiger partial charge in [-0.15, -0.1) is 0 Å². The van der Waals surface area contributed by atoms with E-state index in [1.807, 2.05) is 0 Å². The Morgan fingerprint density at radius 1 is 1.10 bits per heavy atom. The molecule has 0 aliphatic rings. The highest BCUT2D eigenvalue weighted by molar-refractivity contribution is 7.89. The summed E-state index contributed by atoms with van der Waals surface area (Å²) in [4.78, 5) is 0.0984. The number of benzene rings is 2. The number of nitrogens with zero attached hydrogens (tertiary/aromatic N) is 1. The van der Waals surface area contributed by atoms with E-state index >= 15 is 0 Å². The Morgan fingerprint density at radius 2 is 1.70 bits per heavy atom. The highest BCUT2D eigenvalue weighted by atomic mass is 32.2. The van der Waals surface area contributed by atoms with Crippen molar-refractivity contribution in [2.75, 3.05) is 12.8 Å². The predicted octanol–water partition coefficient (Wildman–Crippen LogP) is 1.80. The molecule has 106 valence electrons. The number of sulfonamides is 1. The van der Waals surface area contributed by atoms with Gasteiger partial charge in [-0.25, -0.2) is 8.42 Å². The third-order valence-corrected chi connectivity index (χ3v) is 4.83. The Kier molecular flexibility index (Phi) is 3.96. The summed E-state index contributed by atoms with van der Waals surface area (Å²) < 4.78 is 26.1. The summed E-state index contributed by atoms with van der Waals surface area (Å²) in [5, 5.41) is 9.22. The van der Waals surface area contributed by atoms with Crippen molar-refractivity contribution >= 4 is 15.7 Å². The second kappa shape index (κ2) is 5.52. The first-order valence-corrected chi connectivity index (χ1v) is 7.44. The van der Waals surface area contributed by atoms with E-state index in [4.69, 9.17) is 5.73 Å². The molecule has 3 N–H and O–H groups in total. The van der Waals surface area contributed by atoms with Gasteiger partial charge in [0, 0.05) is 13.6 Å². The third kappa shape index (κ3) is 2.92. The number of nitrogens with two attached hydrogens (primary N) is 1. The number of anilines is 1. The van der Waals surface area contributed by atoms with E-state index in [0.717, 1.165) is 5.56 Å². The Balaban J connectivity index is 2.26. The highest BCUT2D eigenvalue weighted by Crippen LogP contribution is 2.22. The van der Waals surface area contributed by atoms with Crippen LogP contribution in [0.25, 0.3) is 0 Å². The summed E-state index contributed by atoms with van der Waals surface area (Å²) in [6.07, 6.45) is 0. The molecule has 2 aromatic carbocycles. The number of aromatic hydroxyl groups is 1. The van der Waals surface area contributed by atoms with Crippen molar-refractivity contribution < 1.29 is 13.5 Å². The molecule has 0 spiro atoms. The maximum Gasteiger partial charge on any atom is 0.245 e. The zero-order valence-corrected chi connectivity index (χ0v) is 11.8. The van der Waals surface area contributed by atoms with Gasteiger partial charge in [0.05, 0.1) is 5.69 Å². The number of rotatable bonds is 4. The highest BCUT2D eigenvalue weighted by Gasteiger charge is 2.22. The van der Waals surface area contributed by atoms with E-state index in [1.54, 1.807) is 30.3 Å². The molecular formula is C14H16N2O3S. The fourth-order valence-corrected chi connectivity index (χ4v) is 3.10. The van der Waals surface area contributed by atoms with Gasteiger partial charge in [-0.3, -0.25) is 0 Å². The van der Waals surface area contributed by atoms with Crippen molar-refractivity contribution in [2.24, 2.45) is 0 Å². The second-order valence-electron chi connectivity index (χ2n) is 4.47.